The minimum atomic E-state index is -4.99. The van der Waals surface area contributed by atoms with Crippen molar-refractivity contribution in [2.24, 2.45) is 5.73 Å². The number of nitrogens with one attached hydrogen (secondary N) is 1. The monoisotopic (exact) mass is 260 g/mol. The van der Waals surface area contributed by atoms with E-state index in [2.05, 4.69) is 5.32 Å². The van der Waals surface area contributed by atoms with Gasteiger partial charge in [0.1, 0.15) is 0 Å². The van der Waals surface area contributed by atoms with Crippen LogP contribution in [0.2, 0.25) is 0 Å². The fourth-order valence-electron chi connectivity index (χ4n) is 1.18. The Labute approximate surface area is 101 Å². The first-order chi connectivity index (χ1) is 8.32. The van der Waals surface area contributed by atoms with Crippen LogP contribution in [0.15, 0.2) is 24.3 Å². The van der Waals surface area contributed by atoms with Gasteiger partial charge in [0.15, 0.2) is 0 Å². The lowest BCUT2D eigenvalue weighted by Gasteiger charge is -2.07. The highest BCUT2D eigenvalue weighted by atomic mass is 19.4. The van der Waals surface area contributed by atoms with E-state index in [-0.39, 0.29) is 0 Å². The molecule has 0 fully saturated rings. The average molecular weight is 260 g/mol. The molecule has 1 rings (SSSR count). The van der Waals surface area contributed by atoms with Crippen molar-refractivity contribution in [3.05, 3.63) is 29.8 Å². The van der Waals surface area contributed by atoms with Crippen molar-refractivity contribution >= 4 is 17.4 Å². The first kappa shape index (κ1) is 14.2. The molecule has 0 unspecified atom stereocenters. The van der Waals surface area contributed by atoms with Crippen LogP contribution in [0, 0.1) is 0 Å². The molecule has 7 heteroatoms. The van der Waals surface area contributed by atoms with E-state index in [4.69, 9.17) is 5.73 Å². The minimum Gasteiger partial charge on any atom is -0.326 e. The van der Waals surface area contributed by atoms with Crippen LogP contribution in [0.25, 0.3) is 0 Å². The maximum atomic E-state index is 11.9. The summed E-state index contributed by atoms with van der Waals surface area (Å²) in [4.78, 5) is 21.7. The molecule has 1 aromatic carbocycles. The SMILES string of the molecule is NCc1ccc(NC(=O)CC(=O)C(F)(F)F)cc1. The molecule has 0 heterocycles. The van der Waals surface area contributed by atoms with Gasteiger partial charge in [0.05, 0.1) is 6.42 Å². The fourth-order valence-corrected chi connectivity index (χ4v) is 1.18. The molecule has 1 amide bonds. The average Bonchev–Trinajstić information content (AvgIpc) is 2.28. The predicted molar refractivity (Wildman–Crippen MR) is 58.6 cm³/mol. The van der Waals surface area contributed by atoms with E-state index in [1.807, 2.05) is 0 Å². The van der Waals surface area contributed by atoms with Crippen LogP contribution in [-0.4, -0.2) is 17.9 Å². The smallest absolute Gasteiger partial charge is 0.326 e. The van der Waals surface area contributed by atoms with Crippen molar-refractivity contribution in [2.45, 2.75) is 19.1 Å². The van der Waals surface area contributed by atoms with Crippen LogP contribution in [0.4, 0.5) is 18.9 Å². The van der Waals surface area contributed by atoms with E-state index in [0.29, 0.717) is 12.2 Å². The van der Waals surface area contributed by atoms with Gasteiger partial charge >= 0.3 is 6.18 Å². The Kier molecular flexibility index (Phi) is 4.43. The Morgan fingerprint density at radius 2 is 1.72 bits per heavy atom. The highest BCUT2D eigenvalue weighted by molar-refractivity contribution is 6.06. The molecule has 0 aromatic heterocycles. The fraction of sp³-hybridized carbons (Fsp3) is 0.273. The molecule has 1 aromatic rings. The molecular formula is C11H11F3N2O2. The largest absolute Gasteiger partial charge is 0.450 e. The zero-order valence-corrected chi connectivity index (χ0v) is 9.25. The quantitative estimate of drug-likeness (QED) is 0.808. The maximum absolute atomic E-state index is 11.9. The van der Waals surface area contributed by atoms with Crippen LogP contribution in [0.5, 0.6) is 0 Å². The first-order valence-corrected chi connectivity index (χ1v) is 5.02. The van der Waals surface area contributed by atoms with E-state index < -0.39 is 24.3 Å². The van der Waals surface area contributed by atoms with Gasteiger partial charge in [-0.2, -0.15) is 13.2 Å². The van der Waals surface area contributed by atoms with Crippen LogP contribution in [-0.2, 0) is 16.1 Å². The number of rotatable bonds is 4. The number of alkyl halides is 3. The topological polar surface area (TPSA) is 72.2 Å². The normalized spacial score (nSPS) is 11.1. The number of benzene rings is 1. The van der Waals surface area contributed by atoms with Crippen LogP contribution in [0.1, 0.15) is 12.0 Å². The van der Waals surface area contributed by atoms with Crippen molar-refractivity contribution in [1.82, 2.24) is 0 Å². The number of ketones is 1. The number of halogens is 3. The van der Waals surface area contributed by atoms with Crippen molar-refractivity contribution < 1.29 is 22.8 Å². The summed E-state index contributed by atoms with van der Waals surface area (Å²) in [6.45, 7) is 0.320. The van der Waals surface area contributed by atoms with E-state index in [1.165, 1.54) is 12.1 Å². The molecule has 0 aliphatic carbocycles. The summed E-state index contributed by atoms with van der Waals surface area (Å²) in [5, 5.41) is 2.20. The van der Waals surface area contributed by atoms with E-state index in [0.717, 1.165) is 5.56 Å². The zero-order valence-electron chi connectivity index (χ0n) is 9.25. The second-order valence-corrected chi connectivity index (χ2v) is 3.55. The lowest BCUT2D eigenvalue weighted by Crippen LogP contribution is -2.27. The second-order valence-electron chi connectivity index (χ2n) is 3.55. The van der Waals surface area contributed by atoms with E-state index in [9.17, 15) is 22.8 Å². The molecule has 0 spiro atoms. The zero-order chi connectivity index (χ0) is 13.8. The number of anilines is 1. The van der Waals surface area contributed by atoms with Crippen molar-refractivity contribution in [1.29, 1.82) is 0 Å². The number of Topliss-reactive ketones (excluding diaryl/α,β-unsaturated/α-hetero) is 1. The van der Waals surface area contributed by atoms with Crippen LogP contribution >= 0.6 is 0 Å². The summed E-state index contributed by atoms with van der Waals surface area (Å²) in [5.41, 5.74) is 6.49. The molecule has 0 bridgehead atoms. The lowest BCUT2D eigenvalue weighted by atomic mass is 10.2. The summed E-state index contributed by atoms with van der Waals surface area (Å²) in [7, 11) is 0. The van der Waals surface area contributed by atoms with Crippen molar-refractivity contribution in [3.63, 3.8) is 0 Å². The number of amides is 1. The second kappa shape index (κ2) is 5.63. The summed E-state index contributed by atoms with van der Waals surface area (Å²) in [5.74, 6) is -3.07. The van der Waals surface area contributed by atoms with Gasteiger partial charge in [-0.05, 0) is 17.7 Å². The number of carbonyl (C=O) groups is 2. The molecule has 0 aliphatic rings. The minimum absolute atomic E-state index is 0.312. The van der Waals surface area contributed by atoms with E-state index in [1.54, 1.807) is 12.1 Å². The molecule has 0 aliphatic heterocycles. The molecule has 0 radical (unpaired) electrons. The number of hydrogen-bond acceptors (Lipinski definition) is 3. The third-order valence-corrected chi connectivity index (χ3v) is 2.11. The van der Waals surface area contributed by atoms with Gasteiger partial charge in [-0.15, -0.1) is 0 Å². The Balaban J connectivity index is 2.57. The Morgan fingerprint density at radius 3 is 2.17 bits per heavy atom. The Morgan fingerprint density at radius 1 is 1.17 bits per heavy atom. The number of nitrogens with two attached hydrogens (primary N) is 1. The van der Waals surface area contributed by atoms with Gasteiger partial charge in [0, 0.05) is 12.2 Å². The van der Waals surface area contributed by atoms with Crippen LogP contribution in [0.3, 0.4) is 0 Å². The number of carbonyl (C=O) groups excluding carboxylic acids is 2. The van der Waals surface area contributed by atoms with Crippen molar-refractivity contribution in [3.8, 4) is 0 Å². The highest BCUT2D eigenvalue weighted by Crippen LogP contribution is 2.18. The molecule has 3 N–H and O–H groups in total. The summed E-state index contributed by atoms with van der Waals surface area (Å²) >= 11 is 0. The molecule has 4 nitrogen and oxygen atoms in total. The first-order valence-electron chi connectivity index (χ1n) is 5.02. The summed E-state index contributed by atoms with van der Waals surface area (Å²) in [6, 6.07) is 6.25. The third-order valence-electron chi connectivity index (χ3n) is 2.11. The van der Waals surface area contributed by atoms with Gasteiger partial charge in [-0.25, -0.2) is 0 Å². The predicted octanol–water partition coefficient (Wildman–Crippen LogP) is 1.61. The summed E-state index contributed by atoms with van der Waals surface area (Å²) in [6.07, 6.45) is -6.21. The molecule has 0 saturated heterocycles. The Hall–Kier alpha value is -1.89. The van der Waals surface area contributed by atoms with Gasteiger partial charge < -0.3 is 11.1 Å². The third kappa shape index (κ3) is 4.17. The molecule has 0 saturated carbocycles. The van der Waals surface area contributed by atoms with Gasteiger partial charge in [0.2, 0.25) is 11.7 Å². The molecule has 18 heavy (non-hydrogen) atoms. The van der Waals surface area contributed by atoms with Gasteiger partial charge in [0.25, 0.3) is 0 Å². The molecule has 98 valence electrons. The van der Waals surface area contributed by atoms with Gasteiger partial charge in [-0.3, -0.25) is 9.59 Å². The summed E-state index contributed by atoms with van der Waals surface area (Å²) < 4.78 is 35.7. The standard InChI is InChI=1S/C11H11F3N2O2/c12-11(13,14)9(17)5-10(18)16-8-3-1-7(6-15)2-4-8/h1-4H,5-6,15H2,(H,16,18). The highest BCUT2D eigenvalue weighted by Gasteiger charge is 2.39. The lowest BCUT2D eigenvalue weighted by molar-refractivity contribution is -0.171. The molecule has 0 atom stereocenters. The van der Waals surface area contributed by atoms with E-state index >= 15 is 0 Å². The maximum Gasteiger partial charge on any atom is 0.450 e. The van der Waals surface area contributed by atoms with Crippen molar-refractivity contribution in [2.75, 3.05) is 5.32 Å². The molecular weight excluding hydrogens is 249 g/mol. The van der Waals surface area contributed by atoms with Gasteiger partial charge in [-0.1, -0.05) is 12.1 Å². The van der Waals surface area contributed by atoms with Crippen LogP contribution < -0.4 is 11.1 Å². The Bertz CT molecular complexity index is 441. The number of hydrogen-bond donors (Lipinski definition) is 2.